The van der Waals surface area contributed by atoms with Crippen molar-refractivity contribution in [1.29, 1.82) is 0 Å². The number of hydrogen-bond acceptors (Lipinski definition) is 4. The van der Waals surface area contributed by atoms with Crippen LogP contribution in [0.3, 0.4) is 0 Å². The van der Waals surface area contributed by atoms with Gasteiger partial charge >= 0.3 is 0 Å². The maximum atomic E-state index is 12.2. The molecule has 6 heteroatoms. The minimum atomic E-state index is -0.414. The van der Waals surface area contributed by atoms with Gasteiger partial charge in [0.05, 0.1) is 12.5 Å². The molecule has 0 bridgehead atoms. The third kappa shape index (κ3) is 4.40. The van der Waals surface area contributed by atoms with Gasteiger partial charge in [-0.2, -0.15) is 0 Å². The van der Waals surface area contributed by atoms with Gasteiger partial charge in [0.15, 0.2) is 0 Å². The second-order valence-corrected chi connectivity index (χ2v) is 6.35. The summed E-state index contributed by atoms with van der Waals surface area (Å²) in [4.78, 5) is 25.5. The van der Waals surface area contributed by atoms with Crippen molar-refractivity contribution in [3.63, 3.8) is 0 Å². The van der Waals surface area contributed by atoms with E-state index in [9.17, 15) is 9.59 Å². The molecule has 1 unspecified atom stereocenters. The Kier molecular flexibility index (Phi) is 5.86. The predicted octanol–water partition coefficient (Wildman–Crippen LogP) is 2.04. The second kappa shape index (κ2) is 8.49. The monoisotopic (exact) mass is 353 g/mol. The second-order valence-electron chi connectivity index (χ2n) is 6.35. The average molecular weight is 353 g/mol. The first-order chi connectivity index (χ1) is 12.7. The van der Waals surface area contributed by atoms with Crippen molar-refractivity contribution in [2.24, 2.45) is 11.8 Å². The van der Waals surface area contributed by atoms with Gasteiger partial charge in [-0.25, -0.2) is 5.84 Å². The Morgan fingerprint density at radius 1 is 1.19 bits per heavy atom. The molecule has 26 heavy (non-hydrogen) atoms. The Labute approximate surface area is 152 Å². The van der Waals surface area contributed by atoms with E-state index in [2.05, 4.69) is 17.6 Å². The number of carbonyl (C=O) groups excluding carboxylic acids is 2. The van der Waals surface area contributed by atoms with Gasteiger partial charge in [-0.15, -0.1) is 0 Å². The van der Waals surface area contributed by atoms with Crippen LogP contribution in [0.5, 0.6) is 5.75 Å². The Hall–Kier alpha value is -2.86. The number of aryl methyl sites for hydroxylation is 1. The van der Waals surface area contributed by atoms with Gasteiger partial charge in [-0.1, -0.05) is 36.4 Å². The van der Waals surface area contributed by atoms with E-state index in [-0.39, 0.29) is 18.2 Å². The fourth-order valence-corrected chi connectivity index (χ4v) is 3.10. The summed E-state index contributed by atoms with van der Waals surface area (Å²) in [6, 6.07) is 17.7. The molecule has 3 rings (SSSR count). The maximum absolute atomic E-state index is 12.2. The quantitative estimate of drug-likeness (QED) is 0.345. The van der Waals surface area contributed by atoms with Crippen molar-refractivity contribution in [1.82, 2.24) is 5.43 Å². The van der Waals surface area contributed by atoms with E-state index in [1.165, 1.54) is 5.56 Å². The van der Waals surface area contributed by atoms with Gasteiger partial charge in [0, 0.05) is 24.7 Å². The summed E-state index contributed by atoms with van der Waals surface area (Å²) in [5.41, 5.74) is 4.14. The summed E-state index contributed by atoms with van der Waals surface area (Å²) in [7, 11) is 0. The third-order valence-corrected chi connectivity index (χ3v) is 4.49. The molecule has 1 atom stereocenters. The molecular weight excluding hydrogens is 330 g/mol. The van der Waals surface area contributed by atoms with E-state index < -0.39 is 5.92 Å². The maximum Gasteiger partial charge on any atom is 0.239 e. The van der Waals surface area contributed by atoms with Crippen LogP contribution in [0.15, 0.2) is 54.6 Å². The Balaban J connectivity index is 1.55. The van der Waals surface area contributed by atoms with Crippen LogP contribution < -0.4 is 20.9 Å². The number of amides is 2. The summed E-state index contributed by atoms with van der Waals surface area (Å²) in [6.07, 6.45) is 2.04. The summed E-state index contributed by atoms with van der Waals surface area (Å²) < 4.78 is 5.82. The molecule has 1 saturated heterocycles. The topological polar surface area (TPSA) is 84.7 Å². The first kappa shape index (κ1) is 17.9. The highest BCUT2D eigenvalue weighted by Gasteiger charge is 2.34. The van der Waals surface area contributed by atoms with Crippen LogP contribution in [0.2, 0.25) is 0 Å². The van der Waals surface area contributed by atoms with Gasteiger partial charge in [-0.05, 0) is 30.5 Å². The largest absolute Gasteiger partial charge is 0.494 e. The predicted molar refractivity (Wildman–Crippen MR) is 99.5 cm³/mol. The Morgan fingerprint density at radius 3 is 2.77 bits per heavy atom. The lowest BCUT2D eigenvalue weighted by Crippen LogP contribution is -2.37. The van der Waals surface area contributed by atoms with E-state index >= 15 is 0 Å². The molecule has 136 valence electrons. The number of anilines is 1. The lowest BCUT2D eigenvalue weighted by Gasteiger charge is -2.17. The number of hydrazine groups is 1. The zero-order valence-corrected chi connectivity index (χ0v) is 14.6. The van der Waals surface area contributed by atoms with E-state index in [1.807, 2.05) is 42.5 Å². The van der Waals surface area contributed by atoms with Gasteiger partial charge < -0.3 is 9.64 Å². The Morgan fingerprint density at radius 2 is 2.00 bits per heavy atom. The molecule has 0 aromatic heterocycles. The van der Waals surface area contributed by atoms with Gasteiger partial charge in [0.25, 0.3) is 0 Å². The molecule has 0 aliphatic carbocycles. The zero-order chi connectivity index (χ0) is 18.4. The number of carbonyl (C=O) groups is 2. The number of nitrogens with two attached hydrogens (primary N) is 1. The highest BCUT2D eigenvalue weighted by atomic mass is 16.5. The molecule has 2 aromatic rings. The van der Waals surface area contributed by atoms with Crippen molar-refractivity contribution in [3.05, 3.63) is 60.2 Å². The van der Waals surface area contributed by atoms with Crippen molar-refractivity contribution in [2.45, 2.75) is 19.3 Å². The number of benzene rings is 2. The van der Waals surface area contributed by atoms with Crippen LogP contribution >= 0.6 is 0 Å². The lowest BCUT2D eigenvalue weighted by molar-refractivity contribution is -0.126. The minimum absolute atomic E-state index is 0.0835. The highest BCUT2D eigenvalue weighted by molar-refractivity contribution is 6.00. The molecule has 2 amide bonds. The van der Waals surface area contributed by atoms with Crippen LogP contribution in [0.25, 0.3) is 0 Å². The Bertz CT molecular complexity index is 764. The normalized spacial score (nSPS) is 16.6. The molecule has 1 heterocycles. The summed E-state index contributed by atoms with van der Waals surface area (Å²) in [5, 5.41) is 0. The number of hydrogen-bond donors (Lipinski definition) is 2. The first-order valence-electron chi connectivity index (χ1n) is 8.75. The van der Waals surface area contributed by atoms with Crippen molar-refractivity contribution in [2.75, 3.05) is 18.1 Å². The smallest absolute Gasteiger partial charge is 0.239 e. The molecule has 1 aliphatic heterocycles. The van der Waals surface area contributed by atoms with Gasteiger partial charge in [-0.3, -0.25) is 15.0 Å². The molecule has 6 nitrogen and oxygen atoms in total. The summed E-state index contributed by atoms with van der Waals surface area (Å²) in [6.45, 7) is 0.934. The van der Waals surface area contributed by atoms with Gasteiger partial charge in [0.1, 0.15) is 5.75 Å². The fourth-order valence-electron chi connectivity index (χ4n) is 3.10. The van der Waals surface area contributed by atoms with Crippen molar-refractivity contribution < 1.29 is 14.3 Å². The molecule has 2 aromatic carbocycles. The SMILES string of the molecule is NNC(=O)C1CC(=O)N(c2cccc(OCCCc3ccccc3)c2)C1. The molecule has 1 fully saturated rings. The van der Waals surface area contributed by atoms with Crippen molar-refractivity contribution >= 4 is 17.5 Å². The van der Waals surface area contributed by atoms with Crippen molar-refractivity contribution in [3.8, 4) is 5.75 Å². The highest BCUT2D eigenvalue weighted by Crippen LogP contribution is 2.28. The molecule has 3 N–H and O–H groups in total. The zero-order valence-electron chi connectivity index (χ0n) is 14.6. The molecule has 1 aliphatic rings. The standard InChI is InChI=1S/C20H23N3O3/c21-22-20(25)16-12-19(24)23(14-16)17-9-4-10-18(13-17)26-11-5-8-15-6-2-1-3-7-15/h1-4,6-7,9-10,13,16H,5,8,11-12,14,21H2,(H,22,25). The summed E-state index contributed by atoms with van der Waals surface area (Å²) >= 11 is 0. The first-order valence-corrected chi connectivity index (χ1v) is 8.75. The number of nitrogens with zero attached hydrogens (tertiary/aromatic N) is 1. The van der Waals surface area contributed by atoms with E-state index in [0.717, 1.165) is 24.3 Å². The fraction of sp³-hybridized carbons (Fsp3) is 0.300. The lowest BCUT2D eigenvalue weighted by atomic mass is 10.1. The minimum Gasteiger partial charge on any atom is -0.494 e. The van der Waals surface area contributed by atoms with Crippen LogP contribution in [-0.4, -0.2) is 25.0 Å². The van der Waals surface area contributed by atoms with E-state index in [4.69, 9.17) is 10.6 Å². The van der Waals surface area contributed by atoms with E-state index in [1.54, 1.807) is 4.90 Å². The van der Waals surface area contributed by atoms with E-state index in [0.29, 0.717) is 13.2 Å². The van der Waals surface area contributed by atoms with Crippen LogP contribution in [0, 0.1) is 5.92 Å². The number of rotatable bonds is 7. The third-order valence-electron chi connectivity index (χ3n) is 4.49. The van der Waals surface area contributed by atoms with Crippen LogP contribution in [0.4, 0.5) is 5.69 Å². The summed E-state index contributed by atoms with van der Waals surface area (Å²) in [5.74, 6) is 5.08. The molecule has 0 spiro atoms. The van der Waals surface area contributed by atoms with Crippen LogP contribution in [-0.2, 0) is 16.0 Å². The number of ether oxygens (including phenoxy) is 1. The van der Waals surface area contributed by atoms with Gasteiger partial charge in [0.2, 0.25) is 11.8 Å². The van der Waals surface area contributed by atoms with Crippen LogP contribution in [0.1, 0.15) is 18.4 Å². The molecule has 0 saturated carbocycles. The molecular formula is C20H23N3O3. The number of nitrogens with one attached hydrogen (secondary N) is 1. The molecule has 0 radical (unpaired) electrons. The average Bonchev–Trinajstić information content (AvgIpc) is 3.07.